The van der Waals surface area contributed by atoms with Gasteiger partial charge in [-0.2, -0.15) is 0 Å². The average Bonchev–Trinajstić information content (AvgIpc) is 2.18. The summed E-state index contributed by atoms with van der Waals surface area (Å²) in [4.78, 5) is 19.0. The van der Waals surface area contributed by atoms with Crippen molar-refractivity contribution in [2.45, 2.75) is 46.6 Å². The Balaban J connectivity index is 2.74. The minimum absolute atomic E-state index is 0.0406. The van der Waals surface area contributed by atoms with Crippen LogP contribution in [-0.2, 0) is 12.0 Å². The van der Waals surface area contributed by atoms with Crippen LogP contribution in [0, 0.1) is 5.92 Å². The minimum atomic E-state index is -0.122. The molecular formula is C13H23N3O. The first-order valence-corrected chi connectivity index (χ1v) is 6.10. The summed E-state index contributed by atoms with van der Waals surface area (Å²) in [6.45, 7) is 11.8. The highest BCUT2D eigenvalue weighted by Gasteiger charge is 2.16. The molecule has 0 atom stereocenters. The average molecular weight is 237 g/mol. The number of aromatic nitrogens is 2. The molecule has 0 radical (unpaired) electrons. The standard InChI is InChI=1S/C13H23N3O/c1-9(2)6-14-7-10-8-15-12(13(3,4)5)16-11(10)17/h8-9,14H,6-7H2,1-5H3,(H,15,16,17). The largest absolute Gasteiger partial charge is 0.312 e. The maximum Gasteiger partial charge on any atom is 0.255 e. The predicted octanol–water partition coefficient (Wildman–Crippen LogP) is 1.81. The van der Waals surface area contributed by atoms with E-state index in [2.05, 4.69) is 29.1 Å². The fraction of sp³-hybridized carbons (Fsp3) is 0.692. The molecule has 96 valence electrons. The molecule has 0 saturated heterocycles. The van der Waals surface area contributed by atoms with Gasteiger partial charge in [-0.05, 0) is 12.5 Å². The van der Waals surface area contributed by atoms with E-state index < -0.39 is 0 Å². The van der Waals surface area contributed by atoms with Gasteiger partial charge in [0.1, 0.15) is 5.82 Å². The van der Waals surface area contributed by atoms with Crippen LogP contribution in [0.2, 0.25) is 0 Å². The van der Waals surface area contributed by atoms with E-state index in [9.17, 15) is 4.79 Å². The smallest absolute Gasteiger partial charge is 0.255 e. The predicted molar refractivity (Wildman–Crippen MR) is 70.1 cm³/mol. The van der Waals surface area contributed by atoms with Crippen LogP contribution in [0.25, 0.3) is 0 Å². The molecule has 0 aromatic carbocycles. The molecule has 4 nitrogen and oxygen atoms in total. The van der Waals surface area contributed by atoms with E-state index in [0.29, 0.717) is 18.0 Å². The summed E-state index contributed by atoms with van der Waals surface area (Å²) < 4.78 is 0. The lowest BCUT2D eigenvalue weighted by atomic mass is 9.96. The van der Waals surface area contributed by atoms with Crippen molar-refractivity contribution in [3.05, 3.63) is 27.9 Å². The second-order valence-electron chi connectivity index (χ2n) is 5.86. The molecule has 0 saturated carbocycles. The van der Waals surface area contributed by atoms with Crippen LogP contribution in [-0.4, -0.2) is 16.5 Å². The maximum atomic E-state index is 11.8. The normalized spacial score (nSPS) is 12.1. The van der Waals surface area contributed by atoms with Crippen molar-refractivity contribution in [1.29, 1.82) is 0 Å². The van der Waals surface area contributed by atoms with Gasteiger partial charge in [-0.15, -0.1) is 0 Å². The van der Waals surface area contributed by atoms with E-state index in [4.69, 9.17) is 0 Å². The second kappa shape index (κ2) is 5.45. The van der Waals surface area contributed by atoms with Gasteiger partial charge in [0, 0.05) is 23.7 Å². The van der Waals surface area contributed by atoms with E-state index in [1.807, 2.05) is 20.8 Å². The second-order valence-corrected chi connectivity index (χ2v) is 5.86. The first-order valence-electron chi connectivity index (χ1n) is 6.10. The molecule has 0 aliphatic carbocycles. The molecule has 1 aromatic heterocycles. The van der Waals surface area contributed by atoms with E-state index in [0.717, 1.165) is 12.4 Å². The summed E-state index contributed by atoms with van der Waals surface area (Å²) in [5, 5.41) is 3.24. The van der Waals surface area contributed by atoms with Crippen molar-refractivity contribution >= 4 is 0 Å². The summed E-state index contributed by atoms with van der Waals surface area (Å²) in [7, 11) is 0. The quantitative estimate of drug-likeness (QED) is 0.839. The topological polar surface area (TPSA) is 57.8 Å². The number of hydrogen-bond donors (Lipinski definition) is 2. The molecule has 2 N–H and O–H groups in total. The van der Waals surface area contributed by atoms with Gasteiger partial charge in [0.2, 0.25) is 0 Å². The van der Waals surface area contributed by atoms with Crippen LogP contribution < -0.4 is 10.9 Å². The van der Waals surface area contributed by atoms with Crippen LogP contribution in [0.3, 0.4) is 0 Å². The Bertz CT molecular complexity index is 415. The Morgan fingerprint density at radius 3 is 2.53 bits per heavy atom. The molecule has 1 heterocycles. The minimum Gasteiger partial charge on any atom is -0.312 e. The van der Waals surface area contributed by atoms with Crippen molar-refractivity contribution in [2.75, 3.05) is 6.54 Å². The van der Waals surface area contributed by atoms with Gasteiger partial charge < -0.3 is 10.3 Å². The lowest BCUT2D eigenvalue weighted by Gasteiger charge is -2.17. The van der Waals surface area contributed by atoms with Gasteiger partial charge in [0.05, 0.1) is 0 Å². The Morgan fingerprint density at radius 1 is 1.41 bits per heavy atom. The number of nitrogens with one attached hydrogen (secondary N) is 2. The number of nitrogens with zero attached hydrogens (tertiary/aromatic N) is 1. The van der Waals surface area contributed by atoms with E-state index >= 15 is 0 Å². The highest BCUT2D eigenvalue weighted by molar-refractivity contribution is 5.09. The van der Waals surface area contributed by atoms with Gasteiger partial charge in [0.15, 0.2) is 0 Å². The van der Waals surface area contributed by atoms with Crippen molar-refractivity contribution in [1.82, 2.24) is 15.3 Å². The molecule has 0 aliphatic rings. The number of H-pyrrole nitrogens is 1. The SMILES string of the molecule is CC(C)CNCc1cnc(C(C)(C)C)[nH]c1=O. The summed E-state index contributed by atoms with van der Waals surface area (Å²) in [6, 6.07) is 0. The van der Waals surface area contributed by atoms with Crippen LogP contribution in [0.15, 0.2) is 11.0 Å². The zero-order valence-electron chi connectivity index (χ0n) is 11.4. The van der Waals surface area contributed by atoms with Crippen LogP contribution in [0.1, 0.15) is 46.0 Å². The highest BCUT2D eigenvalue weighted by Crippen LogP contribution is 2.15. The van der Waals surface area contributed by atoms with E-state index in [1.54, 1.807) is 6.20 Å². The summed E-state index contributed by atoms with van der Waals surface area (Å²) in [5.74, 6) is 1.31. The summed E-state index contributed by atoms with van der Waals surface area (Å²) in [6.07, 6.45) is 1.67. The molecule has 17 heavy (non-hydrogen) atoms. The van der Waals surface area contributed by atoms with Crippen LogP contribution in [0.5, 0.6) is 0 Å². The Kier molecular flexibility index (Phi) is 4.46. The van der Waals surface area contributed by atoms with E-state index in [-0.39, 0.29) is 11.0 Å². The lowest BCUT2D eigenvalue weighted by molar-refractivity contribution is 0.532. The fourth-order valence-electron chi connectivity index (χ4n) is 1.42. The molecule has 0 spiro atoms. The number of aromatic amines is 1. The van der Waals surface area contributed by atoms with Gasteiger partial charge in [0.25, 0.3) is 5.56 Å². The lowest BCUT2D eigenvalue weighted by Crippen LogP contribution is -2.27. The van der Waals surface area contributed by atoms with Crippen LogP contribution in [0.4, 0.5) is 0 Å². The summed E-state index contributed by atoms with van der Waals surface area (Å²) in [5.41, 5.74) is 0.531. The zero-order valence-corrected chi connectivity index (χ0v) is 11.4. The first kappa shape index (κ1) is 13.9. The number of rotatable bonds is 4. The molecule has 0 fully saturated rings. The molecule has 0 bridgehead atoms. The Hall–Kier alpha value is -1.16. The third-order valence-corrected chi connectivity index (χ3v) is 2.45. The third kappa shape index (κ3) is 4.30. The molecular weight excluding hydrogens is 214 g/mol. The maximum absolute atomic E-state index is 11.8. The molecule has 1 aromatic rings. The van der Waals surface area contributed by atoms with E-state index in [1.165, 1.54) is 0 Å². The molecule has 4 heteroatoms. The van der Waals surface area contributed by atoms with Crippen LogP contribution >= 0.6 is 0 Å². The first-order chi connectivity index (χ1) is 7.80. The van der Waals surface area contributed by atoms with Crippen molar-refractivity contribution in [3.8, 4) is 0 Å². The van der Waals surface area contributed by atoms with Crippen molar-refractivity contribution < 1.29 is 0 Å². The van der Waals surface area contributed by atoms with Gasteiger partial charge in [-0.3, -0.25) is 4.79 Å². The Labute approximate surface area is 103 Å². The molecule has 0 aliphatic heterocycles. The molecule has 0 amide bonds. The summed E-state index contributed by atoms with van der Waals surface area (Å²) >= 11 is 0. The van der Waals surface area contributed by atoms with Crippen molar-refractivity contribution in [3.63, 3.8) is 0 Å². The number of hydrogen-bond acceptors (Lipinski definition) is 3. The molecule has 1 rings (SSSR count). The van der Waals surface area contributed by atoms with Gasteiger partial charge in [-0.25, -0.2) is 4.98 Å². The van der Waals surface area contributed by atoms with Gasteiger partial charge >= 0.3 is 0 Å². The Morgan fingerprint density at radius 2 is 2.06 bits per heavy atom. The monoisotopic (exact) mass is 237 g/mol. The zero-order chi connectivity index (χ0) is 13.1. The highest BCUT2D eigenvalue weighted by atomic mass is 16.1. The van der Waals surface area contributed by atoms with Crippen molar-refractivity contribution in [2.24, 2.45) is 5.92 Å². The molecule has 0 unspecified atom stereocenters. The fourth-order valence-corrected chi connectivity index (χ4v) is 1.42. The van der Waals surface area contributed by atoms with Gasteiger partial charge in [-0.1, -0.05) is 34.6 Å². The third-order valence-electron chi connectivity index (χ3n) is 2.45.